The molecule has 0 unspecified atom stereocenters. The Morgan fingerprint density at radius 1 is 0.604 bits per heavy atom. The molecule has 0 bridgehead atoms. The van der Waals surface area contributed by atoms with Crippen molar-refractivity contribution in [2.24, 2.45) is 0 Å². The van der Waals surface area contributed by atoms with Crippen molar-refractivity contribution in [2.75, 3.05) is 0 Å². The average Bonchev–Trinajstić information content (AvgIpc) is 4.03. The Kier molecular flexibility index (Phi) is 10.1. The molecule has 0 saturated carbocycles. The SMILES string of the molecule is CCc1cc(-n2ncn(Cc3cccc(F)c3)c2=O)ccc1-c1cn[nH]c1.CCc1cc(-n2ncn(Cc3ccccc3)c2=O)ccc1-c1cn[nH]c1. The van der Waals surface area contributed by atoms with E-state index >= 15 is 0 Å². The molecule has 0 spiro atoms. The fraction of sp³-hybridized carbons (Fsp3) is 0.150. The van der Waals surface area contributed by atoms with Gasteiger partial charge in [0.15, 0.2) is 0 Å². The minimum atomic E-state index is -0.324. The number of aromatic nitrogens is 10. The molecule has 0 aliphatic rings. The van der Waals surface area contributed by atoms with Crippen LogP contribution in [0.3, 0.4) is 0 Å². The lowest BCUT2D eigenvalue weighted by molar-refractivity contribution is 0.622. The van der Waals surface area contributed by atoms with Crippen LogP contribution < -0.4 is 11.4 Å². The summed E-state index contributed by atoms with van der Waals surface area (Å²) in [6, 6.07) is 27.8. The third kappa shape index (κ3) is 7.59. The molecule has 0 aliphatic carbocycles. The maximum atomic E-state index is 13.4. The summed E-state index contributed by atoms with van der Waals surface area (Å²) >= 11 is 0. The summed E-state index contributed by atoms with van der Waals surface area (Å²) in [5, 5.41) is 22.2. The highest BCUT2D eigenvalue weighted by atomic mass is 19.1. The van der Waals surface area contributed by atoms with Crippen molar-refractivity contribution >= 4 is 0 Å². The van der Waals surface area contributed by atoms with Gasteiger partial charge in [0.2, 0.25) is 0 Å². The first kappa shape index (κ1) is 34.6. The molecule has 0 aliphatic heterocycles. The van der Waals surface area contributed by atoms with Gasteiger partial charge in [-0.15, -0.1) is 0 Å². The number of nitrogens with one attached hydrogen (secondary N) is 2. The van der Waals surface area contributed by atoms with Crippen molar-refractivity contribution in [3.8, 4) is 33.6 Å². The van der Waals surface area contributed by atoms with Crippen molar-refractivity contribution in [3.05, 3.63) is 177 Å². The standard InChI is InChI=1S/C20H18FN5O.C20H19N5O/c1-2-15-9-18(6-7-19(15)16-10-22-23-11-16)26-20(27)25(13-24-26)12-14-4-3-5-17(21)8-14;1-2-16-10-18(8-9-19(16)17-11-21-22-12-17)25-20(26)24(14-23-25)13-15-6-4-3-5-7-15/h3-11,13H,2,12H2,1H3,(H,22,23);3-12,14H,2,13H2,1H3,(H,21,22). The largest absolute Gasteiger partial charge is 0.350 e. The lowest BCUT2D eigenvalue weighted by atomic mass is 10.00. The van der Waals surface area contributed by atoms with Crippen LogP contribution in [-0.4, -0.2) is 49.1 Å². The summed E-state index contributed by atoms with van der Waals surface area (Å²) < 4.78 is 19.2. The maximum Gasteiger partial charge on any atom is 0.350 e. The monoisotopic (exact) mass is 708 g/mol. The Hall–Kier alpha value is -6.89. The van der Waals surface area contributed by atoms with Crippen molar-refractivity contribution in [1.29, 1.82) is 0 Å². The molecule has 266 valence electrons. The van der Waals surface area contributed by atoms with E-state index in [0.717, 1.165) is 57.5 Å². The number of aryl methyl sites for hydroxylation is 2. The molecule has 4 heterocycles. The molecule has 0 fully saturated rings. The Morgan fingerprint density at radius 3 is 1.58 bits per heavy atom. The van der Waals surface area contributed by atoms with Crippen LogP contribution in [0, 0.1) is 5.82 Å². The van der Waals surface area contributed by atoms with E-state index in [1.807, 2.05) is 79.1 Å². The first-order valence-electron chi connectivity index (χ1n) is 17.2. The quantitative estimate of drug-likeness (QED) is 0.173. The van der Waals surface area contributed by atoms with Crippen LogP contribution in [0.25, 0.3) is 33.6 Å². The van der Waals surface area contributed by atoms with Gasteiger partial charge in [-0.25, -0.2) is 14.0 Å². The Morgan fingerprint density at radius 2 is 1.11 bits per heavy atom. The van der Waals surface area contributed by atoms with Crippen molar-refractivity contribution in [3.63, 3.8) is 0 Å². The predicted molar refractivity (Wildman–Crippen MR) is 201 cm³/mol. The van der Waals surface area contributed by atoms with Gasteiger partial charge >= 0.3 is 11.4 Å². The average molecular weight is 709 g/mol. The second-order valence-corrected chi connectivity index (χ2v) is 12.4. The molecule has 12 nitrogen and oxygen atoms in total. The molecule has 4 aromatic carbocycles. The van der Waals surface area contributed by atoms with Crippen LogP contribution in [0.4, 0.5) is 4.39 Å². The Balaban J connectivity index is 0.000000164. The van der Waals surface area contributed by atoms with E-state index in [-0.39, 0.29) is 23.7 Å². The second-order valence-electron chi connectivity index (χ2n) is 12.4. The van der Waals surface area contributed by atoms with Gasteiger partial charge in [0.05, 0.1) is 36.9 Å². The van der Waals surface area contributed by atoms with Gasteiger partial charge < -0.3 is 0 Å². The topological polar surface area (TPSA) is 137 Å². The molecule has 0 saturated heterocycles. The molecule has 13 heteroatoms. The van der Waals surface area contributed by atoms with E-state index in [1.54, 1.807) is 35.4 Å². The third-order valence-corrected chi connectivity index (χ3v) is 8.95. The van der Waals surface area contributed by atoms with Gasteiger partial charge in [0, 0.05) is 23.5 Å². The van der Waals surface area contributed by atoms with Gasteiger partial charge in [0.1, 0.15) is 18.5 Å². The first-order chi connectivity index (χ1) is 25.9. The molecule has 4 aromatic heterocycles. The van der Waals surface area contributed by atoms with Gasteiger partial charge in [-0.1, -0.05) is 68.4 Å². The number of rotatable bonds is 10. The minimum absolute atomic E-state index is 0.146. The molecule has 0 atom stereocenters. The number of aromatic amines is 2. The summed E-state index contributed by atoms with van der Waals surface area (Å²) in [4.78, 5) is 25.5. The molecule has 2 N–H and O–H groups in total. The zero-order valence-corrected chi connectivity index (χ0v) is 29.2. The van der Waals surface area contributed by atoms with Crippen LogP contribution in [-0.2, 0) is 25.9 Å². The second kappa shape index (κ2) is 15.6. The van der Waals surface area contributed by atoms with Crippen LogP contribution in [0.5, 0.6) is 0 Å². The highest BCUT2D eigenvalue weighted by molar-refractivity contribution is 5.68. The lowest BCUT2D eigenvalue weighted by Gasteiger charge is -2.08. The highest BCUT2D eigenvalue weighted by Gasteiger charge is 2.13. The number of H-pyrrole nitrogens is 2. The zero-order chi connectivity index (χ0) is 36.7. The zero-order valence-electron chi connectivity index (χ0n) is 29.2. The van der Waals surface area contributed by atoms with Gasteiger partial charge in [-0.3, -0.25) is 19.3 Å². The van der Waals surface area contributed by atoms with E-state index in [0.29, 0.717) is 17.8 Å². The summed E-state index contributed by atoms with van der Waals surface area (Å²) in [7, 11) is 0. The predicted octanol–water partition coefficient (Wildman–Crippen LogP) is 6.21. The fourth-order valence-electron chi connectivity index (χ4n) is 6.22. The first-order valence-corrected chi connectivity index (χ1v) is 17.2. The van der Waals surface area contributed by atoms with E-state index in [4.69, 9.17) is 0 Å². The maximum absolute atomic E-state index is 13.4. The Labute approximate surface area is 303 Å². The summed E-state index contributed by atoms with van der Waals surface area (Å²) in [6.07, 6.45) is 12.0. The van der Waals surface area contributed by atoms with Gasteiger partial charge in [-0.05, 0) is 82.6 Å². The molecule has 8 aromatic rings. The highest BCUT2D eigenvalue weighted by Crippen LogP contribution is 2.26. The molecule has 53 heavy (non-hydrogen) atoms. The molecule has 0 radical (unpaired) electrons. The number of benzene rings is 4. The van der Waals surface area contributed by atoms with Crippen LogP contribution in [0.1, 0.15) is 36.1 Å². The molecular weight excluding hydrogens is 672 g/mol. The van der Waals surface area contributed by atoms with Crippen LogP contribution >= 0.6 is 0 Å². The van der Waals surface area contributed by atoms with Gasteiger partial charge in [-0.2, -0.15) is 29.8 Å². The van der Waals surface area contributed by atoms with E-state index in [1.165, 1.54) is 32.4 Å². The van der Waals surface area contributed by atoms with Gasteiger partial charge in [0.25, 0.3) is 0 Å². The van der Waals surface area contributed by atoms with Crippen molar-refractivity contribution in [2.45, 2.75) is 39.8 Å². The normalized spacial score (nSPS) is 11.0. The molecule has 8 rings (SSSR count). The summed E-state index contributed by atoms with van der Waals surface area (Å²) in [6.45, 7) is 4.94. The van der Waals surface area contributed by atoms with E-state index in [9.17, 15) is 14.0 Å². The number of hydrogen-bond donors (Lipinski definition) is 2. The summed E-state index contributed by atoms with van der Waals surface area (Å²) in [5.41, 5.74) is 9.30. The smallest absolute Gasteiger partial charge is 0.285 e. The minimum Gasteiger partial charge on any atom is -0.285 e. The van der Waals surface area contributed by atoms with Crippen LogP contribution in [0.2, 0.25) is 0 Å². The van der Waals surface area contributed by atoms with Crippen molar-refractivity contribution < 1.29 is 4.39 Å². The van der Waals surface area contributed by atoms with Crippen molar-refractivity contribution in [1.82, 2.24) is 49.1 Å². The fourth-order valence-corrected chi connectivity index (χ4v) is 6.22. The summed E-state index contributed by atoms with van der Waals surface area (Å²) in [5.74, 6) is -0.324. The Bertz CT molecular complexity index is 2550. The third-order valence-electron chi connectivity index (χ3n) is 8.95. The molecular formula is C40H37FN10O2. The van der Waals surface area contributed by atoms with E-state index < -0.39 is 0 Å². The number of hydrogen-bond acceptors (Lipinski definition) is 6. The molecule has 0 amide bonds. The number of halogens is 1. The van der Waals surface area contributed by atoms with Crippen LogP contribution in [0.15, 0.2) is 138 Å². The van der Waals surface area contributed by atoms with E-state index in [2.05, 4.69) is 44.4 Å². The number of nitrogens with zero attached hydrogens (tertiary/aromatic N) is 8. The lowest BCUT2D eigenvalue weighted by Crippen LogP contribution is -2.24.